The highest BCUT2D eigenvalue weighted by Crippen LogP contribution is 2.46. The number of hydrogen-bond acceptors (Lipinski definition) is 4. The van der Waals surface area contributed by atoms with Crippen molar-refractivity contribution in [2.45, 2.75) is 26.2 Å². The first kappa shape index (κ1) is 19.1. The van der Waals surface area contributed by atoms with E-state index < -0.39 is 0 Å². The van der Waals surface area contributed by atoms with Gasteiger partial charge in [0.05, 0.1) is 13.3 Å². The number of rotatable bonds is 0. The molecule has 0 amide bonds. The predicted octanol–water partition coefficient (Wildman–Crippen LogP) is 6.59. The molecule has 4 aliphatic heterocycles. The summed E-state index contributed by atoms with van der Waals surface area (Å²) in [6.07, 6.45) is 0. The van der Waals surface area contributed by atoms with Crippen LogP contribution in [0.1, 0.15) is 22.3 Å². The quantitative estimate of drug-likeness (QED) is 0.255. The van der Waals surface area contributed by atoms with Gasteiger partial charge in [-0.15, -0.1) is 0 Å². The Kier molecular flexibility index (Phi) is 3.56. The molecule has 0 unspecified atom stereocenters. The molecule has 4 nitrogen and oxygen atoms in total. The van der Waals surface area contributed by atoms with E-state index in [0.717, 1.165) is 39.5 Å². The molecule has 4 bridgehead atoms. The lowest BCUT2D eigenvalue weighted by molar-refractivity contribution is 0.636. The smallest absolute Gasteiger partial charge is 0.0910 e. The molecule has 0 spiro atoms. The number of benzene rings is 5. The van der Waals surface area contributed by atoms with Crippen LogP contribution in [0.2, 0.25) is 0 Å². The molecule has 4 aliphatic rings. The maximum Gasteiger partial charge on any atom is 0.0910 e. The van der Waals surface area contributed by atoms with E-state index in [1.807, 2.05) is 0 Å². The van der Waals surface area contributed by atoms with Gasteiger partial charge in [0, 0.05) is 60.1 Å². The Morgan fingerprint density at radius 2 is 0.889 bits per heavy atom. The molecule has 9 rings (SSSR count). The lowest BCUT2D eigenvalue weighted by Crippen LogP contribution is -2.48. The Morgan fingerprint density at radius 3 is 1.42 bits per heavy atom. The first-order valence-electron chi connectivity index (χ1n) is 13.0. The molecule has 5 aromatic rings. The first-order chi connectivity index (χ1) is 17.8. The van der Waals surface area contributed by atoms with Crippen LogP contribution in [0.5, 0.6) is 0 Å². The van der Waals surface area contributed by atoms with Crippen LogP contribution in [0.3, 0.4) is 0 Å². The Labute approximate surface area is 210 Å². The van der Waals surface area contributed by atoms with Gasteiger partial charge in [-0.05, 0) is 56.9 Å². The van der Waals surface area contributed by atoms with Crippen molar-refractivity contribution >= 4 is 44.3 Å². The average Bonchev–Trinajstić information content (AvgIpc) is 2.92. The van der Waals surface area contributed by atoms with Gasteiger partial charge in [-0.1, -0.05) is 60.7 Å². The van der Waals surface area contributed by atoms with Crippen LogP contribution in [-0.4, -0.2) is 13.3 Å². The Morgan fingerprint density at radius 1 is 0.417 bits per heavy atom. The summed E-state index contributed by atoms with van der Waals surface area (Å²) in [6.45, 7) is 5.84. The molecule has 0 aromatic heterocycles. The van der Waals surface area contributed by atoms with Crippen molar-refractivity contribution in [1.82, 2.24) is 0 Å². The number of nitrogens with zero attached hydrogens (tertiary/aromatic N) is 4. The van der Waals surface area contributed by atoms with Crippen molar-refractivity contribution in [3.8, 4) is 0 Å². The minimum Gasteiger partial charge on any atom is -0.349 e. The molecule has 4 heterocycles. The number of hydrogen-bond donors (Lipinski definition) is 0. The Bertz CT molecular complexity index is 1610. The average molecular weight is 467 g/mol. The minimum atomic E-state index is 0.969. The Hall–Kier alpha value is -4.18. The van der Waals surface area contributed by atoms with E-state index in [9.17, 15) is 0 Å². The predicted molar refractivity (Wildman–Crippen MR) is 149 cm³/mol. The van der Waals surface area contributed by atoms with E-state index in [0.29, 0.717) is 0 Å². The maximum atomic E-state index is 2.59. The summed E-state index contributed by atoms with van der Waals surface area (Å²) in [5.74, 6) is 0. The zero-order valence-electron chi connectivity index (χ0n) is 20.1. The molecular formula is C32H26N4. The molecule has 4 heteroatoms. The van der Waals surface area contributed by atoms with Gasteiger partial charge in [0.15, 0.2) is 0 Å². The van der Waals surface area contributed by atoms with Crippen molar-refractivity contribution < 1.29 is 0 Å². The van der Waals surface area contributed by atoms with E-state index in [2.05, 4.69) is 105 Å². The van der Waals surface area contributed by atoms with Crippen molar-refractivity contribution in [3.05, 3.63) is 107 Å². The van der Waals surface area contributed by atoms with Crippen molar-refractivity contribution in [2.75, 3.05) is 32.9 Å². The molecule has 0 atom stereocenters. The van der Waals surface area contributed by atoms with Gasteiger partial charge >= 0.3 is 0 Å². The number of anilines is 4. The normalized spacial score (nSPS) is 17.1. The van der Waals surface area contributed by atoms with Crippen LogP contribution in [0, 0.1) is 0 Å². The van der Waals surface area contributed by atoms with Gasteiger partial charge in [0.25, 0.3) is 0 Å². The summed E-state index contributed by atoms with van der Waals surface area (Å²) < 4.78 is 0. The first-order valence-corrected chi connectivity index (χ1v) is 13.0. The second-order valence-corrected chi connectivity index (χ2v) is 10.8. The monoisotopic (exact) mass is 466 g/mol. The number of fused-ring (bicyclic) bond motifs is 16. The van der Waals surface area contributed by atoms with E-state index in [-0.39, 0.29) is 0 Å². The van der Waals surface area contributed by atoms with Crippen molar-refractivity contribution in [2.24, 2.45) is 0 Å². The van der Waals surface area contributed by atoms with Crippen molar-refractivity contribution in [1.29, 1.82) is 0 Å². The third-order valence-corrected chi connectivity index (χ3v) is 8.78. The molecule has 0 radical (unpaired) electrons. The van der Waals surface area contributed by atoms with Gasteiger partial charge in [-0.2, -0.15) is 0 Å². The van der Waals surface area contributed by atoms with E-state index in [4.69, 9.17) is 0 Å². The van der Waals surface area contributed by atoms with Crippen molar-refractivity contribution in [3.63, 3.8) is 0 Å². The molecule has 0 N–H and O–H groups in total. The lowest BCUT2D eigenvalue weighted by Gasteiger charge is -2.48. The summed E-state index contributed by atoms with van der Waals surface area (Å²) >= 11 is 0. The van der Waals surface area contributed by atoms with Crippen LogP contribution in [-0.2, 0) is 26.2 Å². The van der Waals surface area contributed by atoms with E-state index >= 15 is 0 Å². The topological polar surface area (TPSA) is 13.0 Å². The third-order valence-electron chi connectivity index (χ3n) is 8.78. The molecular weight excluding hydrogens is 440 g/mol. The van der Waals surface area contributed by atoms with Gasteiger partial charge in [-0.25, -0.2) is 0 Å². The van der Waals surface area contributed by atoms with Crippen LogP contribution in [0.4, 0.5) is 22.7 Å². The van der Waals surface area contributed by atoms with Crippen LogP contribution >= 0.6 is 0 Å². The SMILES string of the molecule is c1ccc2c3c(ccc2c1)N1Cc2cc4c(cc2N(C3)C1)N1Cc2c(ccc3ccccc23)N(C4)C1. The largest absolute Gasteiger partial charge is 0.349 e. The maximum absolute atomic E-state index is 2.59. The third kappa shape index (κ3) is 2.49. The fraction of sp³-hybridized carbons (Fsp3) is 0.188. The highest BCUT2D eigenvalue weighted by molar-refractivity contribution is 5.93. The van der Waals surface area contributed by atoms with Gasteiger partial charge in [0.1, 0.15) is 0 Å². The fourth-order valence-electron chi connectivity index (χ4n) is 7.14. The van der Waals surface area contributed by atoms with Crippen LogP contribution < -0.4 is 19.6 Å². The zero-order valence-corrected chi connectivity index (χ0v) is 20.1. The molecule has 5 aromatic carbocycles. The molecule has 36 heavy (non-hydrogen) atoms. The van der Waals surface area contributed by atoms with E-state index in [1.165, 1.54) is 66.5 Å². The molecule has 0 fully saturated rings. The molecule has 0 saturated heterocycles. The molecule has 0 aliphatic carbocycles. The highest BCUT2D eigenvalue weighted by Gasteiger charge is 2.35. The van der Waals surface area contributed by atoms with Crippen LogP contribution in [0.15, 0.2) is 84.9 Å². The zero-order chi connectivity index (χ0) is 23.4. The summed E-state index contributed by atoms with van der Waals surface area (Å²) in [5.41, 5.74) is 11.5. The second kappa shape index (κ2) is 6.73. The minimum absolute atomic E-state index is 0.969. The summed E-state index contributed by atoms with van der Waals surface area (Å²) in [7, 11) is 0. The highest BCUT2D eigenvalue weighted by atomic mass is 15.4. The van der Waals surface area contributed by atoms with Gasteiger partial charge in [0.2, 0.25) is 0 Å². The summed E-state index contributed by atoms with van der Waals surface area (Å²) in [5, 5.41) is 5.45. The second-order valence-electron chi connectivity index (χ2n) is 10.8. The summed E-state index contributed by atoms with van der Waals surface area (Å²) in [4.78, 5) is 10.3. The Balaban J connectivity index is 1.15. The fourth-order valence-corrected chi connectivity index (χ4v) is 7.14. The van der Waals surface area contributed by atoms with Gasteiger partial charge in [-0.3, -0.25) is 0 Å². The van der Waals surface area contributed by atoms with Crippen LogP contribution in [0.25, 0.3) is 21.5 Å². The van der Waals surface area contributed by atoms with Gasteiger partial charge < -0.3 is 19.6 Å². The van der Waals surface area contributed by atoms with E-state index in [1.54, 1.807) is 0 Å². The molecule has 0 saturated carbocycles. The lowest BCUT2D eigenvalue weighted by atomic mass is 9.93. The standard InChI is InChI=1S/C32H26N4/c1-3-7-25-21(5-1)9-11-29-27(25)17-35-19-33(29)15-23-13-24-16-34-20-36(32(24)14-31(23)35)18-28-26-8-4-2-6-22(26)10-12-30(28)34/h1-14H,15-20H2. The molecule has 174 valence electrons. The summed E-state index contributed by atoms with van der Waals surface area (Å²) in [6, 6.07) is 31.9.